The van der Waals surface area contributed by atoms with E-state index in [2.05, 4.69) is 5.32 Å². The van der Waals surface area contributed by atoms with Crippen molar-refractivity contribution in [1.29, 1.82) is 0 Å². The maximum atomic E-state index is 11.8. The van der Waals surface area contributed by atoms with Gasteiger partial charge in [-0.3, -0.25) is 10.1 Å². The van der Waals surface area contributed by atoms with Crippen molar-refractivity contribution in [2.45, 2.75) is 39.3 Å². The van der Waals surface area contributed by atoms with Crippen LogP contribution in [0, 0.1) is 17.0 Å². The van der Waals surface area contributed by atoms with Crippen molar-refractivity contribution in [3.8, 4) is 0 Å². The van der Waals surface area contributed by atoms with Crippen molar-refractivity contribution >= 4 is 17.5 Å². The lowest BCUT2D eigenvalue weighted by Crippen LogP contribution is -2.57. The Labute approximate surface area is 129 Å². The van der Waals surface area contributed by atoms with Crippen LogP contribution in [-0.4, -0.2) is 40.6 Å². The van der Waals surface area contributed by atoms with Crippen LogP contribution in [0.1, 0.15) is 26.3 Å². The summed E-state index contributed by atoms with van der Waals surface area (Å²) in [4.78, 5) is 24.1. The molecule has 1 aromatic carbocycles. The smallest absolute Gasteiger partial charge is 0.410 e. The van der Waals surface area contributed by atoms with Gasteiger partial charge in [0.2, 0.25) is 0 Å². The molecule has 1 aliphatic rings. The van der Waals surface area contributed by atoms with E-state index in [-0.39, 0.29) is 17.8 Å². The van der Waals surface area contributed by atoms with Gasteiger partial charge in [0.25, 0.3) is 5.69 Å². The SMILES string of the molecule is Cc1ccc(NC2CN(C(=O)OC(C)(C)C)C2)c([N+](=O)[O-])c1. The molecule has 1 aromatic rings. The molecule has 1 aliphatic heterocycles. The fourth-order valence-electron chi connectivity index (χ4n) is 2.18. The van der Waals surface area contributed by atoms with Gasteiger partial charge >= 0.3 is 6.09 Å². The second-order valence-electron chi connectivity index (χ2n) is 6.50. The first-order valence-electron chi connectivity index (χ1n) is 7.15. The monoisotopic (exact) mass is 307 g/mol. The topological polar surface area (TPSA) is 84.7 Å². The molecule has 7 nitrogen and oxygen atoms in total. The first-order valence-corrected chi connectivity index (χ1v) is 7.15. The first kappa shape index (κ1) is 16.1. The molecule has 0 atom stereocenters. The Morgan fingerprint density at radius 1 is 1.41 bits per heavy atom. The van der Waals surface area contributed by atoms with Crippen LogP contribution in [0.5, 0.6) is 0 Å². The lowest BCUT2D eigenvalue weighted by molar-refractivity contribution is -0.384. The Bertz CT molecular complexity index is 589. The van der Waals surface area contributed by atoms with Crippen LogP contribution in [0.25, 0.3) is 0 Å². The third-order valence-corrected chi connectivity index (χ3v) is 3.24. The number of rotatable bonds is 3. The fourth-order valence-corrected chi connectivity index (χ4v) is 2.18. The van der Waals surface area contributed by atoms with Gasteiger partial charge < -0.3 is 15.0 Å². The maximum absolute atomic E-state index is 11.8. The predicted octanol–water partition coefficient (Wildman–Crippen LogP) is 2.93. The standard InChI is InChI=1S/C15H21N3O4/c1-10-5-6-12(13(7-10)18(20)21)16-11-8-17(9-11)14(19)22-15(2,3)4/h5-7,11,16H,8-9H2,1-4H3. The predicted molar refractivity (Wildman–Crippen MR) is 83.1 cm³/mol. The number of anilines is 1. The van der Waals surface area contributed by atoms with Gasteiger partial charge in [-0.05, 0) is 39.3 Å². The fraction of sp³-hybridized carbons (Fsp3) is 0.533. The van der Waals surface area contributed by atoms with Gasteiger partial charge in [-0.15, -0.1) is 0 Å². The van der Waals surface area contributed by atoms with Crippen LogP contribution in [0.4, 0.5) is 16.2 Å². The number of carbonyl (C=O) groups excluding carboxylic acids is 1. The number of amides is 1. The molecule has 2 rings (SSSR count). The van der Waals surface area contributed by atoms with Gasteiger partial charge in [0.1, 0.15) is 11.3 Å². The molecule has 1 amide bonds. The summed E-state index contributed by atoms with van der Waals surface area (Å²) in [5.74, 6) is 0. The quantitative estimate of drug-likeness (QED) is 0.685. The zero-order valence-electron chi connectivity index (χ0n) is 13.3. The van der Waals surface area contributed by atoms with Crippen molar-refractivity contribution in [2.75, 3.05) is 18.4 Å². The Balaban J connectivity index is 1.93. The molecule has 1 fully saturated rings. The van der Waals surface area contributed by atoms with E-state index in [1.54, 1.807) is 11.0 Å². The van der Waals surface area contributed by atoms with Crippen molar-refractivity contribution in [1.82, 2.24) is 4.90 Å². The van der Waals surface area contributed by atoms with Crippen LogP contribution >= 0.6 is 0 Å². The Morgan fingerprint density at radius 2 is 2.05 bits per heavy atom. The number of nitrogens with zero attached hydrogens (tertiary/aromatic N) is 2. The van der Waals surface area contributed by atoms with Crippen molar-refractivity contribution in [2.24, 2.45) is 0 Å². The van der Waals surface area contributed by atoms with E-state index in [1.165, 1.54) is 6.07 Å². The molecule has 0 bridgehead atoms. The summed E-state index contributed by atoms with van der Waals surface area (Å²) in [6.07, 6.45) is -0.357. The molecule has 7 heteroatoms. The Kier molecular flexibility index (Phi) is 4.25. The van der Waals surface area contributed by atoms with Crippen LogP contribution in [-0.2, 0) is 4.74 Å². The van der Waals surface area contributed by atoms with Gasteiger partial charge in [-0.2, -0.15) is 0 Å². The lowest BCUT2D eigenvalue weighted by Gasteiger charge is -2.40. The summed E-state index contributed by atoms with van der Waals surface area (Å²) in [7, 11) is 0. The number of ether oxygens (including phenoxy) is 1. The molecule has 0 aromatic heterocycles. The Hall–Kier alpha value is -2.31. The molecule has 0 radical (unpaired) electrons. The van der Waals surface area contributed by atoms with Gasteiger partial charge in [-0.1, -0.05) is 6.07 Å². The van der Waals surface area contributed by atoms with Crippen LogP contribution in [0.3, 0.4) is 0 Å². The molecule has 0 saturated carbocycles. The van der Waals surface area contributed by atoms with Gasteiger partial charge in [-0.25, -0.2) is 4.79 Å². The highest BCUT2D eigenvalue weighted by Crippen LogP contribution is 2.27. The van der Waals surface area contributed by atoms with Crippen molar-refractivity contribution in [3.63, 3.8) is 0 Å². The molecular weight excluding hydrogens is 286 g/mol. The zero-order chi connectivity index (χ0) is 16.5. The van der Waals surface area contributed by atoms with E-state index in [0.717, 1.165) is 5.56 Å². The highest BCUT2D eigenvalue weighted by Gasteiger charge is 2.34. The van der Waals surface area contributed by atoms with Crippen LogP contribution < -0.4 is 5.32 Å². The number of nitrogens with one attached hydrogen (secondary N) is 1. The van der Waals surface area contributed by atoms with Crippen molar-refractivity contribution in [3.05, 3.63) is 33.9 Å². The summed E-state index contributed by atoms with van der Waals surface area (Å²) < 4.78 is 5.27. The number of carbonyl (C=O) groups is 1. The third-order valence-electron chi connectivity index (χ3n) is 3.24. The first-order chi connectivity index (χ1) is 10.2. The van der Waals surface area contributed by atoms with E-state index in [0.29, 0.717) is 18.8 Å². The van der Waals surface area contributed by atoms with E-state index in [4.69, 9.17) is 4.74 Å². The molecule has 120 valence electrons. The maximum Gasteiger partial charge on any atom is 0.410 e. The highest BCUT2D eigenvalue weighted by molar-refractivity contribution is 5.70. The minimum Gasteiger partial charge on any atom is -0.444 e. The average molecular weight is 307 g/mol. The largest absolute Gasteiger partial charge is 0.444 e. The number of hydrogen-bond donors (Lipinski definition) is 1. The molecule has 1 N–H and O–H groups in total. The van der Waals surface area contributed by atoms with Gasteiger partial charge in [0.05, 0.1) is 11.0 Å². The second-order valence-corrected chi connectivity index (χ2v) is 6.50. The third kappa shape index (κ3) is 3.87. The number of likely N-dealkylation sites (tertiary alicyclic amines) is 1. The number of nitro groups is 1. The van der Waals surface area contributed by atoms with E-state index in [9.17, 15) is 14.9 Å². The second kappa shape index (κ2) is 5.82. The van der Waals surface area contributed by atoms with E-state index < -0.39 is 10.5 Å². The minimum absolute atomic E-state index is 0.00563. The molecule has 0 spiro atoms. The van der Waals surface area contributed by atoms with Crippen LogP contribution in [0.15, 0.2) is 18.2 Å². The Morgan fingerprint density at radius 3 is 2.59 bits per heavy atom. The molecule has 22 heavy (non-hydrogen) atoms. The van der Waals surface area contributed by atoms with Gasteiger partial charge in [0.15, 0.2) is 0 Å². The normalized spacial score (nSPS) is 15.2. The minimum atomic E-state index is -0.522. The highest BCUT2D eigenvalue weighted by atomic mass is 16.6. The molecular formula is C15H21N3O4. The summed E-state index contributed by atoms with van der Waals surface area (Å²) >= 11 is 0. The van der Waals surface area contributed by atoms with E-state index in [1.807, 2.05) is 33.8 Å². The average Bonchev–Trinajstić information content (AvgIpc) is 2.31. The van der Waals surface area contributed by atoms with Crippen molar-refractivity contribution < 1.29 is 14.5 Å². The lowest BCUT2D eigenvalue weighted by atomic mass is 10.1. The molecule has 1 heterocycles. The van der Waals surface area contributed by atoms with E-state index >= 15 is 0 Å². The number of hydrogen-bond acceptors (Lipinski definition) is 5. The molecule has 0 unspecified atom stereocenters. The zero-order valence-corrected chi connectivity index (χ0v) is 13.3. The van der Waals surface area contributed by atoms with Gasteiger partial charge in [0, 0.05) is 19.2 Å². The summed E-state index contributed by atoms with van der Waals surface area (Å²) in [6, 6.07) is 5.05. The molecule has 1 saturated heterocycles. The summed E-state index contributed by atoms with van der Waals surface area (Å²) in [5.41, 5.74) is 0.840. The molecule has 0 aliphatic carbocycles. The summed E-state index contributed by atoms with van der Waals surface area (Å²) in [6.45, 7) is 8.20. The number of aryl methyl sites for hydroxylation is 1. The number of nitro benzene ring substituents is 1. The number of benzene rings is 1. The van der Waals surface area contributed by atoms with Crippen LogP contribution in [0.2, 0.25) is 0 Å². The summed E-state index contributed by atoms with van der Waals surface area (Å²) in [5, 5.41) is 14.2.